The predicted octanol–water partition coefficient (Wildman–Crippen LogP) is 2.50. The normalized spacial score (nSPS) is 16.4. The number of ether oxygens (including phenoxy) is 1. The van der Waals surface area contributed by atoms with Gasteiger partial charge in [0.2, 0.25) is 0 Å². The monoisotopic (exact) mass is 262 g/mol. The van der Waals surface area contributed by atoms with Gasteiger partial charge in [0.05, 0.1) is 6.61 Å². The predicted molar refractivity (Wildman–Crippen MR) is 80.8 cm³/mol. The molecule has 1 fully saturated rings. The molecule has 1 aromatic carbocycles. The van der Waals surface area contributed by atoms with Gasteiger partial charge in [0.1, 0.15) is 0 Å². The SMILES string of the molecule is COCCN(c1ccc(C)cc1CC(C)N)C1CC1. The Morgan fingerprint density at radius 3 is 2.74 bits per heavy atom. The van der Waals surface area contributed by atoms with Crippen LogP contribution in [-0.2, 0) is 11.2 Å². The summed E-state index contributed by atoms with van der Waals surface area (Å²) in [4.78, 5) is 2.50. The Hall–Kier alpha value is -1.06. The van der Waals surface area contributed by atoms with Gasteiger partial charge >= 0.3 is 0 Å². The summed E-state index contributed by atoms with van der Waals surface area (Å²) in [6.07, 6.45) is 3.54. The summed E-state index contributed by atoms with van der Waals surface area (Å²) in [6, 6.07) is 7.62. The molecule has 3 heteroatoms. The van der Waals surface area contributed by atoms with Crippen molar-refractivity contribution in [2.45, 2.75) is 45.2 Å². The van der Waals surface area contributed by atoms with Gasteiger partial charge in [0.15, 0.2) is 0 Å². The highest BCUT2D eigenvalue weighted by Crippen LogP contribution is 2.34. The van der Waals surface area contributed by atoms with Gasteiger partial charge in [-0.3, -0.25) is 0 Å². The van der Waals surface area contributed by atoms with Crippen LogP contribution in [0.1, 0.15) is 30.9 Å². The zero-order chi connectivity index (χ0) is 13.8. The summed E-state index contributed by atoms with van der Waals surface area (Å²) in [5, 5.41) is 0. The Bertz CT molecular complexity index is 413. The van der Waals surface area contributed by atoms with Crippen LogP contribution in [0.4, 0.5) is 5.69 Å². The number of rotatable bonds is 7. The Morgan fingerprint density at radius 2 is 2.16 bits per heavy atom. The topological polar surface area (TPSA) is 38.5 Å². The van der Waals surface area contributed by atoms with E-state index in [1.807, 2.05) is 0 Å². The molecule has 19 heavy (non-hydrogen) atoms. The maximum atomic E-state index is 5.99. The van der Waals surface area contributed by atoms with Crippen LogP contribution in [0.25, 0.3) is 0 Å². The molecule has 0 amide bonds. The van der Waals surface area contributed by atoms with E-state index in [-0.39, 0.29) is 6.04 Å². The number of hydrogen-bond acceptors (Lipinski definition) is 3. The van der Waals surface area contributed by atoms with E-state index in [1.165, 1.54) is 29.7 Å². The van der Waals surface area contributed by atoms with Crippen LogP contribution in [0.5, 0.6) is 0 Å². The molecule has 106 valence electrons. The Morgan fingerprint density at radius 1 is 1.42 bits per heavy atom. The van der Waals surface area contributed by atoms with Crippen molar-refractivity contribution in [2.24, 2.45) is 5.73 Å². The number of benzene rings is 1. The number of methoxy groups -OCH3 is 1. The van der Waals surface area contributed by atoms with Crippen molar-refractivity contribution in [3.8, 4) is 0 Å². The number of aryl methyl sites for hydroxylation is 1. The van der Waals surface area contributed by atoms with Crippen molar-refractivity contribution in [2.75, 3.05) is 25.2 Å². The zero-order valence-electron chi connectivity index (χ0n) is 12.4. The van der Waals surface area contributed by atoms with Crippen molar-refractivity contribution >= 4 is 5.69 Å². The molecular weight excluding hydrogens is 236 g/mol. The summed E-state index contributed by atoms with van der Waals surface area (Å²) in [5.41, 5.74) is 10.0. The van der Waals surface area contributed by atoms with Gasteiger partial charge in [-0.25, -0.2) is 0 Å². The van der Waals surface area contributed by atoms with Crippen molar-refractivity contribution in [1.82, 2.24) is 0 Å². The Labute approximate surface area is 116 Å². The number of nitrogens with two attached hydrogens (primary N) is 1. The zero-order valence-corrected chi connectivity index (χ0v) is 12.4. The molecular formula is C16H26N2O. The van der Waals surface area contributed by atoms with Gasteiger partial charge in [0.25, 0.3) is 0 Å². The molecule has 0 saturated heterocycles. The molecule has 2 N–H and O–H groups in total. The summed E-state index contributed by atoms with van der Waals surface area (Å²) >= 11 is 0. The molecule has 0 heterocycles. The molecule has 3 nitrogen and oxygen atoms in total. The second kappa shape index (κ2) is 6.40. The van der Waals surface area contributed by atoms with Gasteiger partial charge in [-0.05, 0) is 44.7 Å². The Kier molecular flexibility index (Phi) is 4.83. The van der Waals surface area contributed by atoms with Crippen LogP contribution in [0.3, 0.4) is 0 Å². The van der Waals surface area contributed by atoms with Crippen LogP contribution in [0.2, 0.25) is 0 Å². The van der Waals surface area contributed by atoms with Gasteiger partial charge in [-0.2, -0.15) is 0 Å². The lowest BCUT2D eigenvalue weighted by molar-refractivity contribution is 0.205. The second-order valence-corrected chi connectivity index (χ2v) is 5.73. The van der Waals surface area contributed by atoms with Crippen LogP contribution >= 0.6 is 0 Å². The van der Waals surface area contributed by atoms with Gasteiger partial charge in [0, 0.05) is 31.4 Å². The molecule has 0 radical (unpaired) electrons. The van der Waals surface area contributed by atoms with Crippen molar-refractivity contribution < 1.29 is 4.74 Å². The van der Waals surface area contributed by atoms with Crippen LogP contribution in [0, 0.1) is 6.92 Å². The van der Waals surface area contributed by atoms with Crippen LogP contribution < -0.4 is 10.6 Å². The second-order valence-electron chi connectivity index (χ2n) is 5.73. The Balaban J connectivity index is 2.24. The van der Waals surface area contributed by atoms with Crippen molar-refractivity contribution in [3.63, 3.8) is 0 Å². The molecule has 0 bridgehead atoms. The van der Waals surface area contributed by atoms with E-state index in [9.17, 15) is 0 Å². The molecule has 1 aliphatic carbocycles. The summed E-state index contributed by atoms with van der Waals surface area (Å²) in [7, 11) is 1.77. The average Bonchev–Trinajstić information content (AvgIpc) is 3.15. The molecule has 1 aromatic rings. The largest absolute Gasteiger partial charge is 0.383 e. The van der Waals surface area contributed by atoms with Crippen LogP contribution in [-0.4, -0.2) is 32.3 Å². The first-order valence-corrected chi connectivity index (χ1v) is 7.22. The van der Waals surface area contributed by atoms with Crippen molar-refractivity contribution in [3.05, 3.63) is 29.3 Å². The van der Waals surface area contributed by atoms with E-state index < -0.39 is 0 Å². The number of anilines is 1. The van der Waals surface area contributed by atoms with Crippen molar-refractivity contribution in [1.29, 1.82) is 0 Å². The lowest BCUT2D eigenvalue weighted by Gasteiger charge is -2.27. The van der Waals surface area contributed by atoms with E-state index >= 15 is 0 Å². The first-order valence-electron chi connectivity index (χ1n) is 7.22. The number of hydrogen-bond donors (Lipinski definition) is 1. The molecule has 0 aromatic heterocycles. The highest BCUT2D eigenvalue weighted by Gasteiger charge is 2.30. The quantitative estimate of drug-likeness (QED) is 0.820. The van der Waals surface area contributed by atoms with Crippen LogP contribution in [0.15, 0.2) is 18.2 Å². The van der Waals surface area contributed by atoms with E-state index in [2.05, 4.69) is 36.9 Å². The lowest BCUT2D eigenvalue weighted by atomic mass is 10.0. The highest BCUT2D eigenvalue weighted by atomic mass is 16.5. The molecule has 0 spiro atoms. The summed E-state index contributed by atoms with van der Waals surface area (Å²) < 4.78 is 5.25. The molecule has 0 aliphatic heterocycles. The minimum atomic E-state index is 0.198. The molecule has 1 unspecified atom stereocenters. The lowest BCUT2D eigenvalue weighted by Crippen LogP contribution is -2.31. The minimum Gasteiger partial charge on any atom is -0.383 e. The maximum absolute atomic E-state index is 5.99. The summed E-state index contributed by atoms with van der Waals surface area (Å²) in [6.45, 7) is 5.96. The third kappa shape index (κ3) is 3.95. The molecule has 1 aliphatic rings. The first-order chi connectivity index (χ1) is 9.11. The molecule has 1 atom stereocenters. The number of nitrogens with zero attached hydrogens (tertiary/aromatic N) is 1. The van der Waals surface area contributed by atoms with E-state index in [0.29, 0.717) is 6.04 Å². The van der Waals surface area contributed by atoms with E-state index in [1.54, 1.807) is 7.11 Å². The van der Waals surface area contributed by atoms with E-state index in [4.69, 9.17) is 10.5 Å². The summed E-state index contributed by atoms with van der Waals surface area (Å²) in [5.74, 6) is 0. The third-order valence-corrected chi connectivity index (χ3v) is 3.61. The third-order valence-electron chi connectivity index (χ3n) is 3.61. The fourth-order valence-corrected chi connectivity index (χ4v) is 2.58. The smallest absolute Gasteiger partial charge is 0.0637 e. The minimum absolute atomic E-state index is 0.198. The highest BCUT2D eigenvalue weighted by molar-refractivity contribution is 5.57. The van der Waals surface area contributed by atoms with Gasteiger partial charge in [-0.1, -0.05) is 17.7 Å². The fourth-order valence-electron chi connectivity index (χ4n) is 2.58. The van der Waals surface area contributed by atoms with E-state index in [0.717, 1.165) is 19.6 Å². The van der Waals surface area contributed by atoms with Gasteiger partial charge in [-0.15, -0.1) is 0 Å². The first kappa shape index (κ1) is 14.4. The van der Waals surface area contributed by atoms with Gasteiger partial charge < -0.3 is 15.4 Å². The standard InChI is InChI=1S/C16H26N2O/c1-12-4-7-16(14(10-12)11-13(2)17)18(8-9-19-3)15-5-6-15/h4,7,10,13,15H,5-6,8-9,11,17H2,1-3H3. The molecule has 2 rings (SSSR count). The average molecular weight is 262 g/mol. The molecule has 1 saturated carbocycles. The fraction of sp³-hybridized carbons (Fsp3) is 0.625. The maximum Gasteiger partial charge on any atom is 0.0637 e.